The number of aromatic nitrogens is 1. The lowest BCUT2D eigenvalue weighted by molar-refractivity contribution is 0.0780. The number of hydrogen-bond acceptors (Lipinski definition) is 4. The molecule has 2 aromatic rings. The smallest absolute Gasteiger partial charge is 0.256 e. The van der Waals surface area contributed by atoms with Crippen molar-refractivity contribution < 1.29 is 9.90 Å². The van der Waals surface area contributed by atoms with Crippen LogP contribution in [0.5, 0.6) is 5.75 Å². The van der Waals surface area contributed by atoms with E-state index in [9.17, 15) is 9.90 Å². The molecule has 4 nitrogen and oxygen atoms in total. The molecule has 1 fully saturated rings. The summed E-state index contributed by atoms with van der Waals surface area (Å²) in [6.45, 7) is 0.454. The largest absolute Gasteiger partial charge is 0.508 e. The summed E-state index contributed by atoms with van der Waals surface area (Å²) < 4.78 is 0. The Labute approximate surface area is 146 Å². The number of rotatable bonds is 5. The maximum Gasteiger partial charge on any atom is 0.256 e. The van der Waals surface area contributed by atoms with Gasteiger partial charge in [0.1, 0.15) is 10.8 Å². The van der Waals surface area contributed by atoms with Crippen LogP contribution in [-0.2, 0) is 6.54 Å². The summed E-state index contributed by atoms with van der Waals surface area (Å²) in [5, 5.41) is 11.0. The van der Waals surface area contributed by atoms with E-state index in [0.29, 0.717) is 17.4 Å². The Balaban J connectivity index is 1.73. The Kier molecular flexibility index (Phi) is 5.41. The minimum atomic E-state index is -0.0352. The number of aromatic hydroxyl groups is 1. The van der Waals surface area contributed by atoms with Crippen LogP contribution in [0.1, 0.15) is 41.6 Å². The lowest BCUT2D eigenvalue weighted by atomic mass is 10.2. The highest BCUT2D eigenvalue weighted by molar-refractivity contribution is 7.99. The van der Waals surface area contributed by atoms with Crippen molar-refractivity contribution in [2.75, 3.05) is 7.05 Å². The van der Waals surface area contributed by atoms with Gasteiger partial charge in [-0.1, -0.05) is 25.0 Å². The SMILES string of the molecule is CN(Cc1cccc(O)c1)C(=O)c1cccnc1SC1CCCC1. The van der Waals surface area contributed by atoms with Crippen molar-refractivity contribution in [3.63, 3.8) is 0 Å². The zero-order chi connectivity index (χ0) is 16.9. The quantitative estimate of drug-likeness (QED) is 0.889. The Morgan fingerprint density at radius 3 is 2.83 bits per heavy atom. The van der Waals surface area contributed by atoms with Crippen molar-refractivity contribution in [1.29, 1.82) is 0 Å². The van der Waals surface area contributed by atoms with Crippen LogP contribution in [0, 0.1) is 0 Å². The van der Waals surface area contributed by atoms with E-state index >= 15 is 0 Å². The number of amides is 1. The molecular weight excluding hydrogens is 320 g/mol. The summed E-state index contributed by atoms with van der Waals surface area (Å²) in [6.07, 6.45) is 6.70. The summed E-state index contributed by atoms with van der Waals surface area (Å²) in [5.41, 5.74) is 1.57. The molecule has 1 saturated carbocycles. The molecule has 0 atom stereocenters. The monoisotopic (exact) mass is 342 g/mol. The fourth-order valence-electron chi connectivity index (χ4n) is 3.02. The van der Waals surface area contributed by atoms with Gasteiger partial charge in [-0.05, 0) is 42.7 Å². The summed E-state index contributed by atoms with van der Waals surface area (Å²) >= 11 is 1.73. The Hall–Kier alpha value is -2.01. The first-order chi connectivity index (χ1) is 11.6. The molecule has 3 rings (SSSR count). The fraction of sp³-hybridized carbons (Fsp3) is 0.368. The first-order valence-corrected chi connectivity index (χ1v) is 9.16. The molecule has 126 valence electrons. The van der Waals surface area contributed by atoms with E-state index in [1.165, 1.54) is 25.7 Å². The lowest BCUT2D eigenvalue weighted by Crippen LogP contribution is -2.27. The van der Waals surface area contributed by atoms with Crippen molar-refractivity contribution in [3.8, 4) is 5.75 Å². The third-order valence-corrected chi connectivity index (χ3v) is 5.61. The van der Waals surface area contributed by atoms with Gasteiger partial charge in [0.15, 0.2) is 0 Å². The lowest BCUT2D eigenvalue weighted by Gasteiger charge is -2.19. The molecular formula is C19H22N2O2S. The summed E-state index contributed by atoms with van der Waals surface area (Å²) in [6, 6.07) is 10.7. The number of carbonyl (C=O) groups is 1. The van der Waals surface area contributed by atoms with Crippen molar-refractivity contribution in [2.45, 2.75) is 42.5 Å². The number of pyridine rings is 1. The van der Waals surface area contributed by atoms with Gasteiger partial charge in [-0.2, -0.15) is 0 Å². The van der Waals surface area contributed by atoms with Gasteiger partial charge in [0.2, 0.25) is 0 Å². The zero-order valence-electron chi connectivity index (χ0n) is 13.8. The Morgan fingerprint density at radius 2 is 2.08 bits per heavy atom. The number of nitrogens with zero attached hydrogens (tertiary/aromatic N) is 2. The number of thioether (sulfide) groups is 1. The van der Waals surface area contributed by atoms with E-state index in [4.69, 9.17) is 0 Å². The first kappa shape index (κ1) is 16.8. The summed E-state index contributed by atoms with van der Waals surface area (Å²) in [4.78, 5) is 19.0. The van der Waals surface area contributed by atoms with Gasteiger partial charge in [0.05, 0.1) is 5.56 Å². The normalized spacial score (nSPS) is 14.7. The predicted molar refractivity (Wildman–Crippen MR) is 96.3 cm³/mol. The van der Waals surface area contributed by atoms with Crippen LogP contribution in [0.3, 0.4) is 0 Å². The van der Waals surface area contributed by atoms with Gasteiger partial charge in [-0.15, -0.1) is 11.8 Å². The third-order valence-electron chi connectivity index (χ3n) is 4.26. The first-order valence-electron chi connectivity index (χ1n) is 8.28. The molecule has 0 unspecified atom stereocenters. The molecule has 1 heterocycles. The molecule has 5 heteroatoms. The van der Waals surface area contributed by atoms with Crippen LogP contribution in [0.15, 0.2) is 47.6 Å². The minimum absolute atomic E-state index is 0.0352. The van der Waals surface area contributed by atoms with Crippen molar-refractivity contribution in [3.05, 3.63) is 53.7 Å². The van der Waals surface area contributed by atoms with E-state index < -0.39 is 0 Å². The van der Waals surface area contributed by atoms with Crippen molar-refractivity contribution in [1.82, 2.24) is 9.88 Å². The van der Waals surface area contributed by atoms with E-state index in [2.05, 4.69) is 4.98 Å². The van der Waals surface area contributed by atoms with Crippen molar-refractivity contribution in [2.24, 2.45) is 0 Å². The van der Waals surface area contributed by atoms with E-state index in [0.717, 1.165) is 10.6 Å². The predicted octanol–water partition coefficient (Wildman–Crippen LogP) is 4.09. The molecule has 0 radical (unpaired) electrons. The molecule has 0 aliphatic heterocycles. The van der Waals surface area contributed by atoms with Gasteiger partial charge in [-0.3, -0.25) is 4.79 Å². The average Bonchev–Trinajstić information content (AvgIpc) is 3.08. The van der Waals surface area contributed by atoms with Crippen LogP contribution in [0.2, 0.25) is 0 Å². The third kappa shape index (κ3) is 4.09. The van der Waals surface area contributed by atoms with Gasteiger partial charge in [0, 0.05) is 25.0 Å². The van der Waals surface area contributed by atoms with E-state index in [-0.39, 0.29) is 11.7 Å². The van der Waals surface area contributed by atoms with Crippen LogP contribution >= 0.6 is 11.8 Å². The van der Waals surface area contributed by atoms with E-state index in [1.807, 2.05) is 18.2 Å². The second-order valence-electron chi connectivity index (χ2n) is 6.21. The van der Waals surface area contributed by atoms with Crippen LogP contribution in [0.4, 0.5) is 0 Å². The molecule has 1 amide bonds. The highest BCUT2D eigenvalue weighted by Gasteiger charge is 2.22. The Morgan fingerprint density at radius 1 is 1.29 bits per heavy atom. The fourth-order valence-corrected chi connectivity index (χ4v) is 4.31. The minimum Gasteiger partial charge on any atom is -0.508 e. The van der Waals surface area contributed by atoms with Crippen LogP contribution < -0.4 is 0 Å². The number of benzene rings is 1. The summed E-state index contributed by atoms with van der Waals surface area (Å²) in [5.74, 6) is 0.180. The highest BCUT2D eigenvalue weighted by atomic mass is 32.2. The molecule has 0 spiro atoms. The average molecular weight is 342 g/mol. The number of carbonyl (C=O) groups excluding carboxylic acids is 1. The molecule has 24 heavy (non-hydrogen) atoms. The van der Waals surface area contributed by atoms with Gasteiger partial charge in [0.25, 0.3) is 5.91 Å². The summed E-state index contributed by atoms with van der Waals surface area (Å²) in [7, 11) is 1.78. The second kappa shape index (κ2) is 7.71. The maximum absolute atomic E-state index is 12.8. The van der Waals surface area contributed by atoms with Crippen LogP contribution in [-0.4, -0.2) is 33.2 Å². The van der Waals surface area contributed by atoms with E-state index in [1.54, 1.807) is 48.1 Å². The van der Waals surface area contributed by atoms with Gasteiger partial charge < -0.3 is 10.0 Å². The van der Waals surface area contributed by atoms with Crippen LogP contribution in [0.25, 0.3) is 0 Å². The Bertz CT molecular complexity index is 714. The standard InChI is InChI=1S/C19H22N2O2S/c1-21(13-14-6-4-7-15(22)12-14)19(23)17-10-5-11-20-18(17)24-16-8-2-3-9-16/h4-7,10-12,16,22H,2-3,8-9,13H2,1H3. The topological polar surface area (TPSA) is 53.4 Å². The number of phenolic OH excluding ortho intramolecular Hbond substituents is 1. The molecule has 1 aliphatic carbocycles. The number of phenols is 1. The van der Waals surface area contributed by atoms with Gasteiger partial charge in [-0.25, -0.2) is 4.98 Å². The molecule has 0 bridgehead atoms. The van der Waals surface area contributed by atoms with Gasteiger partial charge >= 0.3 is 0 Å². The molecule has 1 aliphatic rings. The molecule has 1 N–H and O–H groups in total. The highest BCUT2D eigenvalue weighted by Crippen LogP contribution is 2.35. The molecule has 1 aromatic carbocycles. The number of hydrogen-bond donors (Lipinski definition) is 1. The van der Waals surface area contributed by atoms with Crippen molar-refractivity contribution >= 4 is 17.7 Å². The zero-order valence-corrected chi connectivity index (χ0v) is 14.6. The second-order valence-corrected chi connectivity index (χ2v) is 7.50. The molecule has 0 saturated heterocycles. The maximum atomic E-state index is 12.8. The molecule has 1 aromatic heterocycles.